The van der Waals surface area contributed by atoms with Gasteiger partial charge in [0.25, 0.3) is 0 Å². The monoisotopic (exact) mass is 363 g/mol. The van der Waals surface area contributed by atoms with Crippen LogP contribution in [0.3, 0.4) is 0 Å². The van der Waals surface area contributed by atoms with Gasteiger partial charge in [-0.25, -0.2) is 0 Å². The van der Waals surface area contributed by atoms with Crippen molar-refractivity contribution in [3.63, 3.8) is 0 Å². The third-order valence-corrected chi connectivity index (χ3v) is 4.55. The maximum Gasteiger partial charge on any atom is 0.247 e. The van der Waals surface area contributed by atoms with Crippen molar-refractivity contribution in [1.29, 1.82) is 0 Å². The summed E-state index contributed by atoms with van der Waals surface area (Å²) < 4.78 is 5.69. The van der Waals surface area contributed by atoms with Crippen molar-refractivity contribution in [2.24, 2.45) is 0 Å². The molecule has 0 radical (unpaired) electrons. The molecule has 0 aliphatic heterocycles. The number of carbonyl (C=O) groups is 1. The molecule has 27 heavy (non-hydrogen) atoms. The summed E-state index contributed by atoms with van der Waals surface area (Å²) in [5, 5.41) is 11.2. The van der Waals surface area contributed by atoms with E-state index in [1.54, 1.807) is 0 Å². The molecule has 5 heteroatoms. The van der Waals surface area contributed by atoms with Crippen molar-refractivity contribution in [2.45, 2.75) is 46.1 Å². The topological polar surface area (TPSA) is 68.0 Å². The predicted octanol–water partition coefficient (Wildman–Crippen LogP) is 4.55. The number of benzene rings is 2. The summed E-state index contributed by atoms with van der Waals surface area (Å²) in [6.45, 7) is 6.15. The number of carbonyl (C=O) groups excluding carboxylic acids is 1. The molecule has 0 aliphatic carbocycles. The summed E-state index contributed by atoms with van der Waals surface area (Å²) in [7, 11) is 0. The van der Waals surface area contributed by atoms with Gasteiger partial charge in [0.15, 0.2) is 0 Å². The van der Waals surface area contributed by atoms with Gasteiger partial charge in [0.1, 0.15) is 0 Å². The minimum absolute atomic E-state index is 0.0162. The number of rotatable bonds is 7. The van der Waals surface area contributed by atoms with Crippen molar-refractivity contribution < 1.29 is 9.21 Å². The van der Waals surface area contributed by atoms with Crippen molar-refractivity contribution in [2.75, 3.05) is 0 Å². The Kier molecular flexibility index (Phi) is 6.01. The van der Waals surface area contributed by atoms with Gasteiger partial charge < -0.3 is 9.73 Å². The molecule has 3 aromatic rings. The molecule has 1 heterocycles. The Morgan fingerprint density at radius 1 is 1.00 bits per heavy atom. The van der Waals surface area contributed by atoms with Gasteiger partial charge in [-0.05, 0) is 38.0 Å². The van der Waals surface area contributed by atoms with E-state index in [4.69, 9.17) is 4.42 Å². The Morgan fingerprint density at radius 3 is 2.26 bits per heavy atom. The van der Waals surface area contributed by atoms with Crippen molar-refractivity contribution >= 4 is 5.91 Å². The fourth-order valence-corrected chi connectivity index (χ4v) is 2.87. The van der Waals surface area contributed by atoms with Crippen LogP contribution in [0.25, 0.3) is 11.5 Å². The molecule has 0 bridgehead atoms. The summed E-state index contributed by atoms with van der Waals surface area (Å²) in [5.41, 5.74) is 4.39. The van der Waals surface area contributed by atoms with Crippen LogP contribution in [-0.2, 0) is 11.2 Å². The van der Waals surface area contributed by atoms with Gasteiger partial charge in [0.2, 0.25) is 17.7 Å². The van der Waals surface area contributed by atoms with E-state index in [9.17, 15) is 4.79 Å². The fourth-order valence-electron chi connectivity index (χ4n) is 2.87. The molecule has 1 amide bonds. The minimum Gasteiger partial charge on any atom is -0.421 e. The lowest BCUT2D eigenvalue weighted by atomic mass is 10.0. The molecule has 0 aliphatic rings. The SMILES string of the molecule is CC[C@H](NC(=O)CCc1nnc(-c2ccc(C)cc2)o1)c1ccc(C)cc1. The zero-order chi connectivity index (χ0) is 19.2. The highest BCUT2D eigenvalue weighted by Gasteiger charge is 2.14. The van der Waals surface area contributed by atoms with Crippen LogP contribution in [0.2, 0.25) is 0 Å². The zero-order valence-electron chi connectivity index (χ0n) is 16.0. The number of amides is 1. The zero-order valence-corrected chi connectivity index (χ0v) is 16.0. The smallest absolute Gasteiger partial charge is 0.247 e. The summed E-state index contributed by atoms with van der Waals surface area (Å²) in [4.78, 5) is 12.3. The van der Waals surface area contributed by atoms with Gasteiger partial charge >= 0.3 is 0 Å². The first-order valence-electron chi connectivity index (χ1n) is 9.30. The lowest BCUT2D eigenvalue weighted by Gasteiger charge is -2.17. The van der Waals surface area contributed by atoms with Gasteiger partial charge in [-0.15, -0.1) is 10.2 Å². The number of nitrogens with zero attached hydrogens (tertiary/aromatic N) is 2. The fraction of sp³-hybridized carbons (Fsp3) is 0.318. The van der Waals surface area contributed by atoms with E-state index in [2.05, 4.69) is 53.6 Å². The molecule has 1 atom stereocenters. The molecule has 0 spiro atoms. The molecule has 0 unspecified atom stereocenters. The molecule has 2 aromatic carbocycles. The van der Waals surface area contributed by atoms with E-state index < -0.39 is 0 Å². The normalized spacial score (nSPS) is 12.0. The summed E-state index contributed by atoms with van der Waals surface area (Å²) >= 11 is 0. The Hall–Kier alpha value is -2.95. The second-order valence-electron chi connectivity index (χ2n) is 6.81. The Labute approximate surface area is 159 Å². The van der Waals surface area contributed by atoms with Crippen LogP contribution >= 0.6 is 0 Å². The van der Waals surface area contributed by atoms with Crippen LogP contribution in [0.1, 0.15) is 48.4 Å². The molecule has 140 valence electrons. The van der Waals surface area contributed by atoms with E-state index in [1.165, 1.54) is 11.1 Å². The first kappa shape index (κ1) is 18.8. The number of hydrogen-bond donors (Lipinski definition) is 1. The predicted molar refractivity (Wildman–Crippen MR) is 105 cm³/mol. The molecular formula is C22H25N3O2. The maximum atomic E-state index is 12.3. The average Bonchev–Trinajstić information content (AvgIpc) is 3.15. The first-order chi connectivity index (χ1) is 13.0. The van der Waals surface area contributed by atoms with E-state index >= 15 is 0 Å². The van der Waals surface area contributed by atoms with Crippen LogP contribution in [0.15, 0.2) is 52.9 Å². The van der Waals surface area contributed by atoms with Gasteiger partial charge in [-0.2, -0.15) is 0 Å². The van der Waals surface area contributed by atoms with Gasteiger partial charge in [0.05, 0.1) is 6.04 Å². The molecule has 0 fully saturated rings. The summed E-state index contributed by atoms with van der Waals surface area (Å²) in [6.07, 6.45) is 1.58. The Bertz CT molecular complexity index is 883. The number of nitrogens with one attached hydrogen (secondary N) is 1. The van der Waals surface area contributed by atoms with Crippen LogP contribution in [-0.4, -0.2) is 16.1 Å². The lowest BCUT2D eigenvalue weighted by molar-refractivity contribution is -0.121. The van der Waals surface area contributed by atoms with Crippen LogP contribution in [0, 0.1) is 13.8 Å². The standard InChI is InChI=1S/C22H25N3O2/c1-4-19(17-9-5-15(2)6-10-17)23-20(26)13-14-21-24-25-22(27-21)18-11-7-16(3)8-12-18/h5-12,19H,4,13-14H2,1-3H3,(H,23,26)/t19-/m0/s1. The Balaban J connectivity index is 1.55. The van der Waals surface area contributed by atoms with E-state index in [0.717, 1.165) is 17.5 Å². The van der Waals surface area contributed by atoms with Crippen LogP contribution < -0.4 is 5.32 Å². The average molecular weight is 363 g/mol. The quantitative estimate of drug-likeness (QED) is 0.668. The molecule has 5 nitrogen and oxygen atoms in total. The number of aryl methyl sites for hydroxylation is 3. The van der Waals surface area contributed by atoms with Crippen molar-refractivity contribution in [3.8, 4) is 11.5 Å². The Morgan fingerprint density at radius 2 is 1.63 bits per heavy atom. The second-order valence-corrected chi connectivity index (χ2v) is 6.81. The van der Waals surface area contributed by atoms with Gasteiger partial charge in [-0.3, -0.25) is 4.79 Å². The highest BCUT2D eigenvalue weighted by atomic mass is 16.4. The van der Waals surface area contributed by atoms with Gasteiger partial charge in [-0.1, -0.05) is 54.4 Å². The van der Waals surface area contributed by atoms with Gasteiger partial charge in [0, 0.05) is 18.4 Å². The molecule has 1 N–H and O–H groups in total. The minimum atomic E-state index is -0.0162. The van der Waals surface area contributed by atoms with E-state index in [-0.39, 0.29) is 11.9 Å². The highest BCUT2D eigenvalue weighted by molar-refractivity contribution is 5.76. The summed E-state index contributed by atoms with van der Waals surface area (Å²) in [5.74, 6) is 0.943. The second kappa shape index (κ2) is 8.62. The molecule has 0 saturated carbocycles. The molecule has 1 aromatic heterocycles. The maximum absolute atomic E-state index is 12.3. The third kappa shape index (κ3) is 5.03. The highest BCUT2D eigenvalue weighted by Crippen LogP contribution is 2.20. The first-order valence-corrected chi connectivity index (χ1v) is 9.30. The van der Waals surface area contributed by atoms with Crippen LogP contribution in [0.5, 0.6) is 0 Å². The summed E-state index contributed by atoms with van der Waals surface area (Å²) in [6, 6.07) is 16.2. The molecule has 3 rings (SSSR count). The van der Waals surface area contributed by atoms with E-state index in [1.807, 2.05) is 31.2 Å². The lowest BCUT2D eigenvalue weighted by Crippen LogP contribution is -2.28. The third-order valence-electron chi connectivity index (χ3n) is 4.55. The van der Waals surface area contributed by atoms with Crippen LogP contribution in [0.4, 0.5) is 0 Å². The molecule has 0 saturated heterocycles. The largest absolute Gasteiger partial charge is 0.421 e. The number of hydrogen-bond acceptors (Lipinski definition) is 4. The van der Waals surface area contributed by atoms with E-state index in [0.29, 0.717) is 24.6 Å². The van der Waals surface area contributed by atoms with Crippen molar-refractivity contribution in [1.82, 2.24) is 15.5 Å². The molecular weight excluding hydrogens is 338 g/mol. The number of aromatic nitrogens is 2. The van der Waals surface area contributed by atoms with Crippen molar-refractivity contribution in [3.05, 3.63) is 71.1 Å².